The Morgan fingerprint density at radius 1 is 1.08 bits per heavy atom. The molecule has 0 aromatic rings. The van der Waals surface area contributed by atoms with Crippen LogP contribution < -0.4 is 0 Å². The van der Waals surface area contributed by atoms with Crippen LogP contribution in [0.25, 0.3) is 0 Å². The smallest absolute Gasteiger partial charge is 0 e. The van der Waals surface area contributed by atoms with E-state index in [1.807, 2.05) is 20.3 Å². The van der Waals surface area contributed by atoms with Crippen LogP contribution in [0.3, 0.4) is 0 Å². The van der Waals surface area contributed by atoms with Gasteiger partial charge in [-0.3, -0.25) is 0 Å². The largest absolute Gasteiger partial charge is 0.335 e. The molecule has 0 atom stereocenters. The second kappa shape index (κ2) is 15.6. The zero-order valence-electron chi connectivity index (χ0n) is 10.4. The summed E-state index contributed by atoms with van der Waals surface area (Å²) in [5, 5.41) is 0. The van der Waals surface area contributed by atoms with Crippen LogP contribution in [0, 0.1) is 18.3 Å². The summed E-state index contributed by atoms with van der Waals surface area (Å²) in [6.45, 7) is 12.8. The number of hydrogen-bond acceptors (Lipinski definition) is 0. The van der Waals surface area contributed by atoms with E-state index in [4.69, 9.17) is 0 Å². The van der Waals surface area contributed by atoms with Crippen LogP contribution in [0.5, 0.6) is 0 Å². The van der Waals surface area contributed by atoms with Crippen LogP contribution >= 0.6 is 0 Å². The first-order valence-electron chi connectivity index (χ1n) is 5.28. The Balaban J connectivity index is -0.000000116. The van der Waals surface area contributed by atoms with Gasteiger partial charge in [-0.05, 0) is 11.8 Å². The van der Waals surface area contributed by atoms with Crippen LogP contribution in [0.2, 0.25) is 0 Å². The molecule has 0 nitrogen and oxygen atoms in total. The average molecular weight is 260 g/mol. The van der Waals surface area contributed by atoms with Gasteiger partial charge < -0.3 is 6.42 Å². The molecule has 0 heterocycles. The van der Waals surface area contributed by atoms with Crippen molar-refractivity contribution in [1.82, 2.24) is 0 Å². The summed E-state index contributed by atoms with van der Waals surface area (Å²) in [6.07, 6.45) is 6.46. The van der Waals surface area contributed by atoms with Gasteiger partial charge in [-0.2, -0.15) is 13.8 Å². The van der Waals surface area contributed by atoms with Gasteiger partial charge in [0.1, 0.15) is 0 Å². The monoisotopic (exact) mass is 260 g/mol. The molecule has 0 bridgehead atoms. The quantitative estimate of drug-likeness (QED) is 0.554. The van der Waals surface area contributed by atoms with Crippen molar-refractivity contribution in [3.8, 4) is 0 Å². The van der Waals surface area contributed by atoms with Gasteiger partial charge in [-0.15, -0.1) is 0 Å². The van der Waals surface area contributed by atoms with Gasteiger partial charge in [0.2, 0.25) is 0 Å². The second-order valence-electron chi connectivity index (χ2n) is 4.35. The fraction of sp³-hybridized carbons (Fsp3) is 0.917. The van der Waals surface area contributed by atoms with Crippen molar-refractivity contribution >= 4 is 0 Å². The molecule has 1 aliphatic carbocycles. The fourth-order valence-electron chi connectivity index (χ4n) is 0.612. The van der Waals surface area contributed by atoms with E-state index in [9.17, 15) is 0 Å². The van der Waals surface area contributed by atoms with Gasteiger partial charge in [0.05, 0.1) is 0 Å². The van der Waals surface area contributed by atoms with Crippen molar-refractivity contribution in [3.05, 3.63) is 6.42 Å². The molecule has 1 rings (SSSR count). The maximum Gasteiger partial charge on any atom is 0 e. The van der Waals surface area contributed by atoms with Crippen LogP contribution in [0.4, 0.5) is 0 Å². The van der Waals surface area contributed by atoms with Crippen LogP contribution in [-0.4, -0.2) is 0 Å². The minimum Gasteiger partial charge on any atom is -0.335 e. The fourth-order valence-corrected chi connectivity index (χ4v) is 0.612. The topological polar surface area (TPSA) is 0 Å². The zero-order valence-corrected chi connectivity index (χ0v) is 13.3. The second-order valence-corrected chi connectivity index (χ2v) is 4.35. The van der Waals surface area contributed by atoms with Gasteiger partial charge in [0, 0.05) is 32.7 Å². The average Bonchev–Trinajstić information content (AvgIpc) is 1.84. The third-order valence-electron chi connectivity index (χ3n) is 1.39. The Morgan fingerprint density at radius 2 is 1.23 bits per heavy atom. The molecule has 0 saturated heterocycles. The minimum absolute atomic E-state index is 0. The molecule has 0 N–H and O–H groups in total. The van der Waals surface area contributed by atoms with E-state index in [1.165, 1.54) is 19.3 Å². The van der Waals surface area contributed by atoms with Crippen LogP contribution in [0.15, 0.2) is 0 Å². The molecule has 79 valence electrons. The maximum atomic E-state index is 2.31. The van der Waals surface area contributed by atoms with Crippen molar-refractivity contribution in [1.29, 1.82) is 0 Å². The Bertz CT molecular complexity index is 62.8. The Labute approximate surface area is 111 Å². The summed E-state index contributed by atoms with van der Waals surface area (Å²) in [4.78, 5) is 0. The van der Waals surface area contributed by atoms with Gasteiger partial charge in [0.25, 0.3) is 0 Å². The van der Waals surface area contributed by atoms with Crippen LogP contribution in [0.1, 0.15) is 60.8 Å². The summed E-state index contributed by atoms with van der Waals surface area (Å²) in [5.74, 6) is 1.90. The summed E-state index contributed by atoms with van der Waals surface area (Å²) in [5.41, 5.74) is 0. The maximum absolute atomic E-state index is 2.31. The molecule has 1 fully saturated rings. The van der Waals surface area contributed by atoms with Gasteiger partial charge >= 0.3 is 0 Å². The summed E-state index contributed by atoms with van der Waals surface area (Å²) in [7, 11) is 0. The third-order valence-corrected chi connectivity index (χ3v) is 1.39. The molecule has 0 amide bonds. The molecular weight excluding hydrogens is 233 g/mol. The molecule has 0 aliphatic heterocycles. The Kier molecular flexibility index (Phi) is 23.5. The molecule has 1 aliphatic rings. The van der Waals surface area contributed by atoms with Crippen LogP contribution in [-0.2, 0) is 32.7 Å². The number of rotatable bonds is 0. The first-order valence-corrected chi connectivity index (χ1v) is 5.28. The molecular formula is C12H27Y-. The van der Waals surface area contributed by atoms with E-state index < -0.39 is 0 Å². The predicted octanol–water partition coefficient (Wildman–Crippen LogP) is 4.70. The molecule has 0 aromatic carbocycles. The van der Waals surface area contributed by atoms with E-state index in [2.05, 4.69) is 27.7 Å². The summed E-state index contributed by atoms with van der Waals surface area (Å²) in [6, 6.07) is 0. The predicted molar refractivity (Wildman–Crippen MR) is 59.2 cm³/mol. The van der Waals surface area contributed by atoms with E-state index in [-0.39, 0.29) is 32.7 Å². The Hall–Kier alpha value is 1.10. The summed E-state index contributed by atoms with van der Waals surface area (Å²) >= 11 is 0. The van der Waals surface area contributed by atoms with E-state index >= 15 is 0 Å². The molecule has 0 unspecified atom stereocenters. The van der Waals surface area contributed by atoms with Gasteiger partial charge in [0.15, 0.2) is 0 Å². The molecule has 0 aromatic heterocycles. The van der Waals surface area contributed by atoms with E-state index in [1.54, 1.807) is 0 Å². The van der Waals surface area contributed by atoms with Crippen molar-refractivity contribution in [2.24, 2.45) is 11.8 Å². The van der Waals surface area contributed by atoms with Crippen molar-refractivity contribution in [3.63, 3.8) is 0 Å². The molecule has 1 saturated carbocycles. The Morgan fingerprint density at radius 3 is 1.23 bits per heavy atom. The first kappa shape index (κ1) is 19.6. The standard InChI is InChI=1S/C5H10.C4H10.C3H7.Y/c1-5-3-2-4-5;1-4(2)3;1-3-2;/h5H,2-4H2,1H3;4H,1-3H3;3H,1-2H3;/q;;-1;. The van der Waals surface area contributed by atoms with Crippen molar-refractivity contribution in [2.45, 2.75) is 60.8 Å². The minimum atomic E-state index is 0. The zero-order chi connectivity index (χ0) is 9.98. The molecule has 1 radical (unpaired) electrons. The van der Waals surface area contributed by atoms with E-state index in [0.717, 1.165) is 11.8 Å². The van der Waals surface area contributed by atoms with Gasteiger partial charge in [-0.25, -0.2) is 0 Å². The molecule has 1 heteroatoms. The van der Waals surface area contributed by atoms with Crippen molar-refractivity contribution < 1.29 is 32.7 Å². The normalized spacial score (nSPS) is 14.1. The van der Waals surface area contributed by atoms with E-state index in [0.29, 0.717) is 0 Å². The summed E-state index contributed by atoms with van der Waals surface area (Å²) < 4.78 is 0. The van der Waals surface area contributed by atoms with Gasteiger partial charge in [-0.1, -0.05) is 47.0 Å². The SMILES string of the molecule is CC(C)C.CC1CCC1.C[CH-]C.[Y]. The number of hydrogen-bond donors (Lipinski definition) is 0. The third kappa shape index (κ3) is 32.0. The first-order chi connectivity index (χ1) is 5.54. The molecule has 0 spiro atoms. The van der Waals surface area contributed by atoms with Crippen molar-refractivity contribution in [2.75, 3.05) is 0 Å². The molecule has 13 heavy (non-hydrogen) atoms.